The van der Waals surface area contributed by atoms with Gasteiger partial charge in [-0.3, -0.25) is 4.99 Å². The summed E-state index contributed by atoms with van der Waals surface area (Å²) in [5.74, 6) is 1.34. The third-order valence-corrected chi connectivity index (χ3v) is 13.7. The van der Waals surface area contributed by atoms with Crippen molar-refractivity contribution in [2.24, 2.45) is 10.9 Å². The molecule has 0 aliphatic heterocycles. The number of fused-ring (bicyclic) bond motifs is 4. The third kappa shape index (κ3) is 8.03. The maximum Gasteiger partial charge on any atom is 0.131 e. The molecule has 3 aromatic rings. The molecule has 5 rings (SSSR count). The number of hydrogen-bond acceptors (Lipinski definition) is 3. The summed E-state index contributed by atoms with van der Waals surface area (Å²) in [5.41, 5.74) is 11.3. The van der Waals surface area contributed by atoms with Gasteiger partial charge in [0.05, 0.1) is 11.1 Å². The molecule has 2 aliphatic rings. The Hall–Kier alpha value is -2.52. The van der Waals surface area contributed by atoms with Gasteiger partial charge < -0.3 is 4.79 Å². The van der Waals surface area contributed by atoms with Crippen LogP contribution in [0, 0.1) is 5.92 Å². The van der Waals surface area contributed by atoms with Crippen molar-refractivity contribution < 1.29 is 4.79 Å². The molecule has 0 amide bonds. The van der Waals surface area contributed by atoms with Gasteiger partial charge in [0.1, 0.15) is 6.29 Å². The first-order chi connectivity index (χ1) is 23.8. The van der Waals surface area contributed by atoms with Gasteiger partial charge in [-0.2, -0.15) is 0 Å². The molecular weight excluding hydrogens is 615 g/mol. The largest absolute Gasteiger partial charge is 0.302 e. The molecular formula is C46H65NOS. The van der Waals surface area contributed by atoms with Gasteiger partial charge in [-0.25, -0.2) is 0 Å². The predicted molar refractivity (Wildman–Crippen MR) is 215 cm³/mol. The topological polar surface area (TPSA) is 29.4 Å². The zero-order valence-corrected chi connectivity index (χ0v) is 32.9. The van der Waals surface area contributed by atoms with Crippen LogP contribution >= 0.6 is 11.3 Å². The summed E-state index contributed by atoms with van der Waals surface area (Å²) in [7, 11) is 0. The Morgan fingerprint density at radius 2 is 1.57 bits per heavy atom. The van der Waals surface area contributed by atoms with Gasteiger partial charge in [-0.05, 0) is 108 Å². The molecule has 266 valence electrons. The number of rotatable bonds is 21. The second-order valence-electron chi connectivity index (χ2n) is 15.9. The number of nitrogens with zero attached hydrogens (tertiary/aromatic N) is 1. The van der Waals surface area contributed by atoms with Crippen LogP contribution in [0.15, 0.2) is 41.4 Å². The highest BCUT2D eigenvalue weighted by Crippen LogP contribution is 2.57. The molecule has 0 saturated heterocycles. The van der Waals surface area contributed by atoms with Crippen LogP contribution in [0.4, 0.5) is 5.69 Å². The molecule has 3 heteroatoms. The van der Waals surface area contributed by atoms with E-state index in [1.807, 2.05) is 0 Å². The van der Waals surface area contributed by atoms with E-state index in [9.17, 15) is 4.79 Å². The Labute approximate surface area is 303 Å². The van der Waals surface area contributed by atoms with E-state index in [4.69, 9.17) is 4.99 Å². The highest BCUT2D eigenvalue weighted by molar-refractivity contribution is 7.14. The Balaban J connectivity index is 1.53. The summed E-state index contributed by atoms with van der Waals surface area (Å²) in [4.78, 5) is 20.1. The van der Waals surface area contributed by atoms with Crippen LogP contribution in [0.1, 0.15) is 188 Å². The first-order valence-electron chi connectivity index (χ1n) is 20.2. The molecule has 2 nitrogen and oxygen atoms in total. The number of aliphatic imine (C=N–C) groups is 1. The quantitative estimate of drug-likeness (QED) is 0.0626. The van der Waals surface area contributed by atoms with Gasteiger partial charge in [0.2, 0.25) is 0 Å². The summed E-state index contributed by atoms with van der Waals surface area (Å²) in [6.45, 7) is 15.9. The molecule has 0 fully saturated rings. The zero-order chi connectivity index (χ0) is 35.0. The molecule has 49 heavy (non-hydrogen) atoms. The molecule has 1 heterocycles. The van der Waals surface area contributed by atoms with Crippen LogP contribution < -0.4 is 0 Å². The number of carbonyl (C=O) groups is 1. The van der Waals surface area contributed by atoms with E-state index >= 15 is 0 Å². The van der Waals surface area contributed by atoms with E-state index in [2.05, 4.69) is 91.1 Å². The van der Waals surface area contributed by atoms with Gasteiger partial charge in [0.25, 0.3) is 0 Å². The van der Waals surface area contributed by atoms with Crippen LogP contribution in [0.5, 0.6) is 0 Å². The van der Waals surface area contributed by atoms with Gasteiger partial charge in [0, 0.05) is 21.4 Å². The van der Waals surface area contributed by atoms with Gasteiger partial charge >= 0.3 is 0 Å². The molecule has 1 aromatic heterocycles. The number of hydrogen-bond donors (Lipinski definition) is 0. The minimum atomic E-state index is -0.442. The first-order valence-corrected chi connectivity index (χ1v) is 21.0. The van der Waals surface area contributed by atoms with Gasteiger partial charge in [0.15, 0.2) is 0 Å². The average molecular weight is 680 g/mol. The third-order valence-electron chi connectivity index (χ3n) is 12.3. The highest BCUT2D eigenvalue weighted by atomic mass is 32.1. The number of unbranched alkanes of at least 4 members (excludes halogenated alkanes) is 7. The average Bonchev–Trinajstić information content (AvgIpc) is 3.64. The van der Waals surface area contributed by atoms with E-state index in [0.29, 0.717) is 11.8 Å². The summed E-state index contributed by atoms with van der Waals surface area (Å²) >= 11 is 1.79. The summed E-state index contributed by atoms with van der Waals surface area (Å²) in [5, 5.41) is 0. The van der Waals surface area contributed by atoms with E-state index in [1.165, 1.54) is 135 Å². The lowest BCUT2D eigenvalue weighted by molar-refractivity contribution is -0.112. The Bertz CT molecular complexity index is 1570. The van der Waals surface area contributed by atoms with E-state index in [0.717, 1.165) is 18.5 Å². The Morgan fingerprint density at radius 3 is 2.18 bits per heavy atom. The second-order valence-corrected chi connectivity index (χ2v) is 17.0. The van der Waals surface area contributed by atoms with E-state index in [-0.39, 0.29) is 5.41 Å². The molecule has 2 aromatic carbocycles. The van der Waals surface area contributed by atoms with Crippen LogP contribution in [0.25, 0.3) is 11.1 Å². The standard InChI is InChI=1S/C46H65NOS/c1-8-13-16-18-23-46(24-19-17-14-9-2)42-29-37(21-22-39(42)41-28-35-25-33(6)40(35)30-43(41)46)47-31-38-27-36(26-34(11-4)20-15-10-3)44(49-38)45(7,12-5)32-48/h21-22,27-34H,8-20,23-26H2,1-7H3. The number of aldehydes is 1. The second kappa shape index (κ2) is 17.1. The maximum atomic E-state index is 12.4. The lowest BCUT2D eigenvalue weighted by Crippen LogP contribution is -2.27. The molecule has 3 unspecified atom stereocenters. The van der Waals surface area contributed by atoms with Crippen LogP contribution in [0.3, 0.4) is 0 Å². The summed E-state index contributed by atoms with van der Waals surface area (Å²) < 4.78 is 0. The monoisotopic (exact) mass is 679 g/mol. The fourth-order valence-corrected chi connectivity index (χ4v) is 10.1. The number of thiophene rings is 1. The van der Waals surface area contributed by atoms with Crippen molar-refractivity contribution in [1.29, 1.82) is 0 Å². The SMILES string of the molecule is CCCCCCC1(CCCCCC)c2cc(N=Cc3cc(CC(CC)CCCC)c(C(C)(C=O)CC)s3)ccc2-c2cc3c(cc21)C(C)C3. The van der Waals surface area contributed by atoms with Crippen LogP contribution in [0.2, 0.25) is 0 Å². The first kappa shape index (κ1) is 37.7. The Kier molecular flexibility index (Phi) is 13.2. The minimum absolute atomic E-state index is 0.0752. The molecule has 2 aliphatic carbocycles. The zero-order valence-electron chi connectivity index (χ0n) is 32.1. The minimum Gasteiger partial charge on any atom is -0.302 e. The van der Waals surface area contributed by atoms with E-state index < -0.39 is 5.41 Å². The molecule has 0 spiro atoms. The molecule has 0 saturated carbocycles. The smallest absolute Gasteiger partial charge is 0.131 e. The predicted octanol–water partition coefficient (Wildman–Crippen LogP) is 14.0. The van der Waals surface area contributed by atoms with Gasteiger partial charge in [-0.15, -0.1) is 11.3 Å². The van der Waals surface area contributed by atoms with E-state index in [1.54, 1.807) is 28.0 Å². The fourth-order valence-electron chi connectivity index (χ4n) is 8.82. The van der Waals surface area contributed by atoms with Crippen LogP contribution in [-0.2, 0) is 28.5 Å². The van der Waals surface area contributed by atoms with Crippen molar-refractivity contribution >= 4 is 29.5 Å². The maximum absolute atomic E-state index is 12.4. The lowest BCUT2D eigenvalue weighted by atomic mass is 9.68. The highest BCUT2D eigenvalue weighted by Gasteiger charge is 2.44. The Morgan fingerprint density at radius 1 is 0.878 bits per heavy atom. The van der Waals surface area contributed by atoms with Crippen LogP contribution in [-0.4, -0.2) is 12.5 Å². The van der Waals surface area contributed by atoms with Crippen molar-refractivity contribution in [3.05, 3.63) is 74.0 Å². The number of carbonyl (C=O) groups excluding carboxylic acids is 1. The van der Waals surface area contributed by atoms with Crippen molar-refractivity contribution in [2.75, 3.05) is 0 Å². The van der Waals surface area contributed by atoms with Crippen molar-refractivity contribution in [3.63, 3.8) is 0 Å². The summed E-state index contributed by atoms with van der Waals surface area (Å²) in [6, 6.07) is 14.6. The number of benzene rings is 2. The molecule has 0 N–H and O–H groups in total. The normalized spacial score (nSPS) is 17.7. The van der Waals surface area contributed by atoms with Gasteiger partial charge in [-0.1, -0.05) is 137 Å². The molecule has 3 atom stereocenters. The molecule has 0 radical (unpaired) electrons. The van der Waals surface area contributed by atoms with Crippen molar-refractivity contribution in [1.82, 2.24) is 0 Å². The van der Waals surface area contributed by atoms with Crippen molar-refractivity contribution in [3.8, 4) is 11.1 Å². The lowest BCUT2D eigenvalue weighted by Gasteiger charge is -2.35. The fraction of sp³-hybridized carbons (Fsp3) is 0.609. The summed E-state index contributed by atoms with van der Waals surface area (Å²) in [6.07, 6.45) is 24.1. The molecule has 0 bridgehead atoms. The van der Waals surface area contributed by atoms with Crippen molar-refractivity contribution in [2.45, 2.75) is 174 Å².